The molecule has 0 saturated carbocycles. The van der Waals surface area contributed by atoms with E-state index >= 15 is 0 Å². The van der Waals surface area contributed by atoms with Crippen LogP contribution in [-0.4, -0.2) is 12.5 Å². The molecule has 0 bridgehead atoms. The van der Waals surface area contributed by atoms with E-state index in [1.807, 2.05) is 12.1 Å². The molecule has 0 heterocycles. The fourth-order valence-corrected chi connectivity index (χ4v) is 2.48. The van der Waals surface area contributed by atoms with Crippen molar-refractivity contribution in [2.75, 3.05) is 11.9 Å². The predicted molar refractivity (Wildman–Crippen MR) is 95.7 cm³/mol. The minimum Gasteiger partial charge on any atom is -0.484 e. The number of hydrogen-bond acceptors (Lipinski definition) is 2. The zero-order valence-electron chi connectivity index (χ0n) is 14.4. The Bertz CT molecular complexity index is 760. The molecule has 2 aromatic carbocycles. The molecule has 0 radical (unpaired) electrons. The Kier molecular flexibility index (Phi) is 6.53. The maximum Gasteiger partial charge on any atom is 0.416 e. The van der Waals surface area contributed by atoms with Crippen LogP contribution < -0.4 is 10.1 Å². The van der Waals surface area contributed by atoms with Gasteiger partial charge in [0.1, 0.15) is 5.75 Å². The zero-order valence-corrected chi connectivity index (χ0v) is 15.1. The first-order chi connectivity index (χ1) is 12.2. The van der Waals surface area contributed by atoms with Gasteiger partial charge in [-0.2, -0.15) is 13.2 Å². The van der Waals surface area contributed by atoms with Gasteiger partial charge in [0.25, 0.3) is 5.91 Å². The zero-order chi connectivity index (χ0) is 19.3. The van der Waals surface area contributed by atoms with Crippen molar-refractivity contribution in [3.05, 3.63) is 58.6 Å². The average molecular weight is 386 g/mol. The third-order valence-electron chi connectivity index (χ3n) is 4.00. The van der Waals surface area contributed by atoms with Crippen molar-refractivity contribution in [2.24, 2.45) is 0 Å². The van der Waals surface area contributed by atoms with Gasteiger partial charge in [0.05, 0.1) is 16.3 Å². The highest BCUT2D eigenvalue weighted by Gasteiger charge is 2.31. The second-order valence-corrected chi connectivity index (χ2v) is 6.31. The molecular formula is C19H19ClF3NO2. The van der Waals surface area contributed by atoms with Crippen molar-refractivity contribution in [3.8, 4) is 5.75 Å². The maximum absolute atomic E-state index is 12.6. The van der Waals surface area contributed by atoms with Crippen molar-refractivity contribution < 1.29 is 22.7 Å². The summed E-state index contributed by atoms with van der Waals surface area (Å²) in [6.45, 7) is 3.95. The highest BCUT2D eigenvalue weighted by Crippen LogP contribution is 2.33. The Balaban J connectivity index is 1.93. The second kappa shape index (κ2) is 8.45. The lowest BCUT2D eigenvalue weighted by molar-refractivity contribution is -0.137. The Morgan fingerprint density at radius 2 is 1.85 bits per heavy atom. The van der Waals surface area contributed by atoms with Gasteiger partial charge in [-0.1, -0.05) is 37.6 Å². The summed E-state index contributed by atoms with van der Waals surface area (Å²) in [6, 6.07) is 10.2. The van der Waals surface area contributed by atoms with Gasteiger partial charge in [-0.3, -0.25) is 4.79 Å². The molecule has 140 valence electrons. The van der Waals surface area contributed by atoms with E-state index in [4.69, 9.17) is 16.3 Å². The fourth-order valence-electron chi connectivity index (χ4n) is 2.26. The summed E-state index contributed by atoms with van der Waals surface area (Å²) in [5.41, 5.74) is 0.402. The summed E-state index contributed by atoms with van der Waals surface area (Å²) in [5.74, 6) is 0.456. The lowest BCUT2D eigenvalue weighted by Gasteiger charge is -2.12. The topological polar surface area (TPSA) is 38.3 Å². The van der Waals surface area contributed by atoms with Crippen molar-refractivity contribution >= 4 is 23.2 Å². The second-order valence-electron chi connectivity index (χ2n) is 5.91. The van der Waals surface area contributed by atoms with Gasteiger partial charge in [-0.05, 0) is 48.2 Å². The van der Waals surface area contributed by atoms with Crippen LogP contribution in [0.2, 0.25) is 5.02 Å². The van der Waals surface area contributed by atoms with Gasteiger partial charge in [0, 0.05) is 0 Å². The molecule has 1 amide bonds. The number of rotatable bonds is 6. The largest absolute Gasteiger partial charge is 0.484 e. The molecule has 2 rings (SSSR count). The van der Waals surface area contributed by atoms with Crippen molar-refractivity contribution in [1.29, 1.82) is 0 Å². The van der Waals surface area contributed by atoms with E-state index in [0.29, 0.717) is 11.7 Å². The van der Waals surface area contributed by atoms with Gasteiger partial charge in [-0.25, -0.2) is 0 Å². The minimum absolute atomic E-state index is 0.0976. The SMILES string of the molecule is CC[C@@H](C)c1ccc(OCC(=O)Nc2ccc(C(F)(F)F)cc2Cl)cc1. The molecule has 26 heavy (non-hydrogen) atoms. The number of alkyl halides is 3. The Labute approximate surface area is 155 Å². The van der Waals surface area contributed by atoms with Crippen molar-refractivity contribution in [1.82, 2.24) is 0 Å². The van der Waals surface area contributed by atoms with Crippen LogP contribution in [0.1, 0.15) is 37.3 Å². The number of carbonyl (C=O) groups excluding carboxylic acids is 1. The van der Waals surface area contributed by atoms with Crippen LogP contribution in [-0.2, 0) is 11.0 Å². The molecule has 7 heteroatoms. The summed E-state index contributed by atoms with van der Waals surface area (Å²) < 4.78 is 43.2. The van der Waals surface area contributed by atoms with Crippen LogP contribution in [0.3, 0.4) is 0 Å². The number of nitrogens with one attached hydrogen (secondary N) is 1. The lowest BCUT2D eigenvalue weighted by atomic mass is 9.99. The first-order valence-electron chi connectivity index (χ1n) is 8.10. The highest BCUT2D eigenvalue weighted by atomic mass is 35.5. The maximum atomic E-state index is 12.6. The standard InChI is InChI=1S/C19H19ClF3NO2/c1-3-12(2)13-4-7-15(8-5-13)26-11-18(25)24-17-9-6-14(10-16(17)20)19(21,22)23/h4-10,12H,3,11H2,1-2H3,(H,24,25)/t12-/m1/s1. The molecule has 1 atom stereocenters. The number of benzene rings is 2. The smallest absolute Gasteiger partial charge is 0.416 e. The molecule has 2 aromatic rings. The lowest BCUT2D eigenvalue weighted by Crippen LogP contribution is -2.20. The molecule has 0 spiro atoms. The van der Waals surface area contributed by atoms with Gasteiger partial charge >= 0.3 is 6.18 Å². The fraction of sp³-hybridized carbons (Fsp3) is 0.316. The number of anilines is 1. The molecular weight excluding hydrogens is 367 g/mol. The number of halogens is 4. The number of hydrogen-bond donors (Lipinski definition) is 1. The highest BCUT2D eigenvalue weighted by molar-refractivity contribution is 6.33. The van der Waals surface area contributed by atoms with Crippen molar-refractivity contribution in [2.45, 2.75) is 32.4 Å². The van der Waals surface area contributed by atoms with Gasteiger partial charge in [-0.15, -0.1) is 0 Å². The van der Waals surface area contributed by atoms with Crippen LogP contribution in [0.15, 0.2) is 42.5 Å². The van der Waals surface area contributed by atoms with Gasteiger partial charge in [0.2, 0.25) is 0 Å². The molecule has 0 unspecified atom stereocenters. The molecule has 0 aliphatic rings. The van der Waals surface area contributed by atoms with E-state index in [0.717, 1.165) is 24.6 Å². The van der Waals surface area contributed by atoms with Crippen LogP contribution >= 0.6 is 11.6 Å². The van der Waals surface area contributed by atoms with Gasteiger partial charge < -0.3 is 10.1 Å². The third kappa shape index (κ3) is 5.39. The van der Waals surface area contributed by atoms with E-state index in [1.54, 1.807) is 12.1 Å². The quantitative estimate of drug-likeness (QED) is 0.673. The molecule has 0 aliphatic heterocycles. The van der Waals surface area contributed by atoms with Crippen LogP contribution in [0, 0.1) is 0 Å². The minimum atomic E-state index is -4.49. The number of amides is 1. The Morgan fingerprint density at radius 1 is 1.19 bits per heavy atom. The molecule has 3 nitrogen and oxygen atoms in total. The molecule has 0 fully saturated rings. The van der Waals surface area contributed by atoms with E-state index in [1.165, 1.54) is 5.56 Å². The molecule has 1 N–H and O–H groups in total. The first-order valence-corrected chi connectivity index (χ1v) is 8.48. The van der Waals surface area contributed by atoms with Crippen LogP contribution in [0.25, 0.3) is 0 Å². The molecule has 0 aromatic heterocycles. The summed E-state index contributed by atoms with van der Waals surface area (Å²) in [4.78, 5) is 11.9. The number of ether oxygens (including phenoxy) is 1. The summed E-state index contributed by atoms with van der Waals surface area (Å²) in [7, 11) is 0. The summed E-state index contributed by atoms with van der Waals surface area (Å²) in [6.07, 6.45) is -3.47. The van der Waals surface area contributed by atoms with Crippen LogP contribution in [0.4, 0.5) is 18.9 Å². The average Bonchev–Trinajstić information content (AvgIpc) is 2.60. The predicted octanol–water partition coefficient (Wildman–Crippen LogP) is 5.89. The monoisotopic (exact) mass is 385 g/mol. The first kappa shape index (κ1) is 20.1. The van der Waals surface area contributed by atoms with E-state index < -0.39 is 17.6 Å². The van der Waals surface area contributed by atoms with Crippen LogP contribution in [0.5, 0.6) is 5.75 Å². The third-order valence-corrected chi connectivity index (χ3v) is 4.31. The van der Waals surface area contributed by atoms with Crippen molar-refractivity contribution in [3.63, 3.8) is 0 Å². The molecule has 0 aliphatic carbocycles. The Hall–Kier alpha value is -2.21. The van der Waals surface area contributed by atoms with E-state index in [2.05, 4.69) is 19.2 Å². The van der Waals surface area contributed by atoms with E-state index in [-0.39, 0.29) is 17.3 Å². The number of carbonyl (C=O) groups is 1. The summed E-state index contributed by atoms with van der Waals surface area (Å²) in [5, 5.41) is 2.25. The Morgan fingerprint density at radius 3 is 2.38 bits per heavy atom. The van der Waals surface area contributed by atoms with Gasteiger partial charge in [0.15, 0.2) is 6.61 Å². The van der Waals surface area contributed by atoms with E-state index in [9.17, 15) is 18.0 Å². The normalized spacial score (nSPS) is 12.5. The molecule has 0 saturated heterocycles. The summed E-state index contributed by atoms with van der Waals surface area (Å²) >= 11 is 5.80.